The van der Waals surface area contributed by atoms with Gasteiger partial charge < -0.3 is 9.47 Å². The molecule has 0 aliphatic rings. The molecule has 0 bridgehead atoms. The molecule has 160 valence electrons. The Balaban J connectivity index is 1.62. The summed E-state index contributed by atoms with van der Waals surface area (Å²) >= 11 is 0. The van der Waals surface area contributed by atoms with Gasteiger partial charge in [0.1, 0.15) is 11.4 Å². The van der Waals surface area contributed by atoms with Crippen LogP contribution in [0.2, 0.25) is 0 Å². The molecule has 1 aromatic heterocycles. The van der Waals surface area contributed by atoms with Crippen LogP contribution in [0.3, 0.4) is 0 Å². The van der Waals surface area contributed by atoms with Gasteiger partial charge in [-0.25, -0.2) is 4.98 Å². The first-order valence-corrected chi connectivity index (χ1v) is 10.9. The van der Waals surface area contributed by atoms with Gasteiger partial charge in [-0.3, -0.25) is 0 Å². The standard InChI is InChI=1S/C28H31NO2/c1-27(2,3)30-19-18-28(4,5)31-21-16-14-20(15-17-21)26-22-10-6-8-12-24(22)29-25-13-9-7-11-23(25)26/h6-17H,18-19H2,1-5H3. The number of benzene rings is 3. The Bertz CT molecular complexity index is 1130. The summed E-state index contributed by atoms with van der Waals surface area (Å²) in [5, 5.41) is 2.32. The van der Waals surface area contributed by atoms with E-state index < -0.39 is 0 Å². The van der Waals surface area contributed by atoms with Crippen molar-refractivity contribution in [3.05, 3.63) is 72.8 Å². The maximum absolute atomic E-state index is 6.29. The van der Waals surface area contributed by atoms with Crippen molar-refractivity contribution in [2.24, 2.45) is 0 Å². The monoisotopic (exact) mass is 413 g/mol. The van der Waals surface area contributed by atoms with E-state index in [4.69, 9.17) is 14.5 Å². The summed E-state index contributed by atoms with van der Waals surface area (Å²) in [6, 6.07) is 25.1. The summed E-state index contributed by atoms with van der Waals surface area (Å²) in [4.78, 5) is 4.84. The van der Waals surface area contributed by atoms with Crippen molar-refractivity contribution in [3.63, 3.8) is 0 Å². The van der Waals surface area contributed by atoms with Crippen molar-refractivity contribution < 1.29 is 9.47 Å². The number of aromatic nitrogens is 1. The average Bonchev–Trinajstić information content (AvgIpc) is 2.71. The predicted octanol–water partition coefficient (Wildman–Crippen LogP) is 7.42. The third-order valence-electron chi connectivity index (χ3n) is 5.36. The fourth-order valence-electron chi connectivity index (χ4n) is 3.81. The molecule has 0 spiro atoms. The van der Waals surface area contributed by atoms with E-state index in [2.05, 4.69) is 95.3 Å². The smallest absolute Gasteiger partial charge is 0.120 e. The van der Waals surface area contributed by atoms with Crippen LogP contribution in [0, 0.1) is 0 Å². The molecule has 0 saturated carbocycles. The Labute approximate surface area is 185 Å². The molecule has 0 atom stereocenters. The van der Waals surface area contributed by atoms with Gasteiger partial charge in [0.2, 0.25) is 0 Å². The molecule has 0 saturated heterocycles. The lowest BCUT2D eigenvalue weighted by Crippen LogP contribution is -2.31. The molecule has 0 unspecified atom stereocenters. The van der Waals surface area contributed by atoms with E-state index in [-0.39, 0.29) is 11.2 Å². The molecule has 3 nitrogen and oxygen atoms in total. The number of para-hydroxylation sites is 2. The largest absolute Gasteiger partial charge is 0.488 e. The highest BCUT2D eigenvalue weighted by Gasteiger charge is 2.21. The molecule has 0 fully saturated rings. The van der Waals surface area contributed by atoms with Crippen LogP contribution in [0.5, 0.6) is 5.75 Å². The number of nitrogens with zero attached hydrogens (tertiary/aromatic N) is 1. The molecule has 0 N–H and O–H groups in total. The average molecular weight is 414 g/mol. The highest BCUT2D eigenvalue weighted by atomic mass is 16.5. The lowest BCUT2D eigenvalue weighted by molar-refractivity contribution is -0.0292. The molecule has 4 aromatic rings. The highest BCUT2D eigenvalue weighted by Crippen LogP contribution is 2.35. The Morgan fingerprint density at radius 2 is 1.26 bits per heavy atom. The third kappa shape index (κ3) is 5.05. The SMILES string of the molecule is CC(C)(C)OCCC(C)(C)Oc1ccc(-c2c3ccccc3nc3ccccc23)cc1. The zero-order valence-electron chi connectivity index (χ0n) is 19.1. The lowest BCUT2D eigenvalue weighted by Gasteiger charge is -2.28. The second kappa shape index (κ2) is 8.32. The normalized spacial score (nSPS) is 12.4. The van der Waals surface area contributed by atoms with Crippen LogP contribution in [0.25, 0.3) is 32.9 Å². The number of pyridine rings is 1. The third-order valence-corrected chi connectivity index (χ3v) is 5.36. The molecular weight excluding hydrogens is 382 g/mol. The van der Waals surface area contributed by atoms with Gasteiger partial charge in [0.15, 0.2) is 0 Å². The van der Waals surface area contributed by atoms with Crippen molar-refractivity contribution in [1.82, 2.24) is 4.98 Å². The molecule has 3 heteroatoms. The van der Waals surface area contributed by atoms with Gasteiger partial charge in [-0.15, -0.1) is 0 Å². The molecule has 3 aromatic carbocycles. The van der Waals surface area contributed by atoms with Crippen LogP contribution in [0.4, 0.5) is 0 Å². The first-order valence-electron chi connectivity index (χ1n) is 10.9. The van der Waals surface area contributed by atoms with Crippen molar-refractivity contribution in [2.45, 2.75) is 52.2 Å². The number of rotatable bonds is 6. The van der Waals surface area contributed by atoms with Crippen molar-refractivity contribution in [3.8, 4) is 16.9 Å². The number of hydrogen-bond donors (Lipinski definition) is 0. The van der Waals surface area contributed by atoms with Crippen LogP contribution in [-0.2, 0) is 4.74 Å². The number of hydrogen-bond acceptors (Lipinski definition) is 3. The summed E-state index contributed by atoms with van der Waals surface area (Å²) in [6.45, 7) is 11.1. The molecule has 1 heterocycles. The van der Waals surface area contributed by atoms with E-state index in [1.165, 1.54) is 5.56 Å². The van der Waals surface area contributed by atoms with E-state index in [0.717, 1.165) is 39.5 Å². The highest BCUT2D eigenvalue weighted by molar-refractivity contribution is 6.09. The van der Waals surface area contributed by atoms with Crippen LogP contribution < -0.4 is 4.74 Å². The second-order valence-electron chi connectivity index (χ2n) is 9.62. The molecule has 0 aliphatic heterocycles. The Hall–Kier alpha value is -2.91. The Morgan fingerprint density at radius 1 is 0.710 bits per heavy atom. The van der Waals surface area contributed by atoms with Gasteiger partial charge >= 0.3 is 0 Å². The Morgan fingerprint density at radius 3 is 1.81 bits per heavy atom. The van der Waals surface area contributed by atoms with Crippen LogP contribution in [0.1, 0.15) is 41.0 Å². The van der Waals surface area contributed by atoms with E-state index in [1.54, 1.807) is 0 Å². The predicted molar refractivity (Wildman–Crippen MR) is 130 cm³/mol. The molecule has 4 rings (SSSR count). The van der Waals surface area contributed by atoms with Crippen molar-refractivity contribution >= 4 is 21.8 Å². The molecule has 0 amide bonds. The lowest BCUT2D eigenvalue weighted by atomic mass is 9.96. The van der Waals surface area contributed by atoms with Crippen LogP contribution in [0.15, 0.2) is 72.8 Å². The van der Waals surface area contributed by atoms with Crippen molar-refractivity contribution in [2.75, 3.05) is 6.61 Å². The maximum atomic E-state index is 6.29. The van der Waals surface area contributed by atoms with E-state index in [9.17, 15) is 0 Å². The van der Waals surface area contributed by atoms with Crippen LogP contribution in [-0.4, -0.2) is 22.8 Å². The molecule has 0 radical (unpaired) electrons. The minimum Gasteiger partial charge on any atom is -0.488 e. The molecular formula is C28H31NO2. The topological polar surface area (TPSA) is 31.4 Å². The van der Waals surface area contributed by atoms with Crippen molar-refractivity contribution in [1.29, 1.82) is 0 Å². The van der Waals surface area contributed by atoms with Gasteiger partial charge in [0.25, 0.3) is 0 Å². The maximum Gasteiger partial charge on any atom is 0.120 e. The Kier molecular flexibility index (Phi) is 5.72. The fraction of sp³-hybridized carbons (Fsp3) is 0.321. The quantitative estimate of drug-likeness (QED) is 0.308. The minimum atomic E-state index is -0.303. The zero-order chi connectivity index (χ0) is 22.1. The van der Waals surface area contributed by atoms with Gasteiger partial charge in [-0.1, -0.05) is 48.5 Å². The summed E-state index contributed by atoms with van der Waals surface area (Å²) in [5.41, 5.74) is 3.96. The molecule has 0 aliphatic carbocycles. The van der Waals surface area contributed by atoms with E-state index >= 15 is 0 Å². The first kappa shape index (κ1) is 21.3. The fourth-order valence-corrected chi connectivity index (χ4v) is 3.81. The second-order valence-corrected chi connectivity index (χ2v) is 9.62. The van der Waals surface area contributed by atoms with E-state index in [0.29, 0.717) is 6.61 Å². The molecule has 31 heavy (non-hydrogen) atoms. The van der Waals surface area contributed by atoms with E-state index in [1.807, 2.05) is 12.1 Å². The summed E-state index contributed by atoms with van der Waals surface area (Å²) in [7, 11) is 0. The summed E-state index contributed by atoms with van der Waals surface area (Å²) in [6.07, 6.45) is 0.825. The number of ether oxygens (including phenoxy) is 2. The number of fused-ring (bicyclic) bond motifs is 2. The van der Waals surface area contributed by atoms with Crippen LogP contribution >= 0.6 is 0 Å². The zero-order valence-corrected chi connectivity index (χ0v) is 19.1. The van der Waals surface area contributed by atoms with Gasteiger partial charge in [0, 0.05) is 22.8 Å². The summed E-state index contributed by atoms with van der Waals surface area (Å²) < 4.78 is 12.2. The first-order chi connectivity index (χ1) is 14.7. The summed E-state index contributed by atoms with van der Waals surface area (Å²) in [5.74, 6) is 0.868. The minimum absolute atomic E-state index is 0.131. The van der Waals surface area contributed by atoms with Gasteiger partial charge in [-0.2, -0.15) is 0 Å². The van der Waals surface area contributed by atoms with Gasteiger partial charge in [0.05, 0.1) is 23.2 Å². The van der Waals surface area contributed by atoms with Gasteiger partial charge in [-0.05, 0) is 64.4 Å².